The van der Waals surface area contributed by atoms with Crippen LogP contribution in [0.5, 0.6) is 0 Å². The molecule has 0 fully saturated rings. The van der Waals surface area contributed by atoms with Crippen molar-refractivity contribution in [3.63, 3.8) is 0 Å². The molecule has 2 heterocycles. The minimum absolute atomic E-state index is 0.125. The number of nitrogens with zero attached hydrogens (tertiary/aromatic N) is 1. The molecule has 0 unspecified atom stereocenters. The number of benzene rings is 1. The van der Waals surface area contributed by atoms with Crippen LogP contribution in [0.3, 0.4) is 0 Å². The predicted octanol–water partition coefficient (Wildman–Crippen LogP) is 2.96. The van der Waals surface area contributed by atoms with Gasteiger partial charge in [-0.25, -0.2) is 0 Å². The minimum atomic E-state index is 0.125. The van der Waals surface area contributed by atoms with Crippen molar-refractivity contribution in [1.82, 2.24) is 9.88 Å². The van der Waals surface area contributed by atoms with Gasteiger partial charge in [-0.1, -0.05) is 29.8 Å². The van der Waals surface area contributed by atoms with E-state index in [2.05, 4.69) is 18.0 Å². The molecule has 0 radical (unpaired) electrons. The Morgan fingerprint density at radius 2 is 2.17 bits per heavy atom. The molecule has 1 aliphatic rings. The number of carbonyl (C=O) groups is 1. The van der Waals surface area contributed by atoms with Crippen molar-refractivity contribution >= 4 is 16.8 Å². The Morgan fingerprint density at radius 3 is 3.00 bits per heavy atom. The first-order valence-electron chi connectivity index (χ1n) is 6.27. The van der Waals surface area contributed by atoms with Gasteiger partial charge < -0.3 is 9.88 Å². The molecule has 18 heavy (non-hydrogen) atoms. The van der Waals surface area contributed by atoms with Crippen LogP contribution in [-0.4, -0.2) is 28.9 Å². The van der Waals surface area contributed by atoms with Crippen LogP contribution in [-0.2, 0) is 0 Å². The van der Waals surface area contributed by atoms with Crippen molar-refractivity contribution in [3.05, 3.63) is 47.7 Å². The first-order chi connectivity index (χ1) is 8.75. The average molecular weight is 240 g/mol. The number of rotatable bonds is 1. The highest BCUT2D eigenvalue weighted by molar-refractivity contribution is 6.06. The van der Waals surface area contributed by atoms with Crippen LogP contribution in [0, 0.1) is 0 Å². The highest BCUT2D eigenvalue weighted by atomic mass is 16.2. The summed E-state index contributed by atoms with van der Waals surface area (Å²) in [7, 11) is 0. The molecule has 3 heteroatoms. The topological polar surface area (TPSA) is 36.1 Å². The van der Waals surface area contributed by atoms with Gasteiger partial charge in [-0.15, -0.1) is 0 Å². The largest absolute Gasteiger partial charge is 0.360 e. The van der Waals surface area contributed by atoms with E-state index >= 15 is 0 Å². The Morgan fingerprint density at radius 1 is 1.33 bits per heavy atom. The number of hydrogen-bond donors (Lipinski definition) is 1. The molecule has 1 aliphatic heterocycles. The molecule has 0 saturated carbocycles. The molecule has 0 aliphatic carbocycles. The van der Waals surface area contributed by atoms with Crippen molar-refractivity contribution in [1.29, 1.82) is 0 Å². The van der Waals surface area contributed by atoms with Crippen LogP contribution < -0.4 is 0 Å². The standard InChI is InChI=1S/C15H16N2O/c1-11-5-4-8-17(10-11)15(18)13-9-16-14-7-3-2-6-12(13)14/h2-3,5-7,9,16H,4,8,10H2,1H3. The summed E-state index contributed by atoms with van der Waals surface area (Å²) in [6.45, 7) is 3.64. The number of para-hydroxylation sites is 1. The summed E-state index contributed by atoms with van der Waals surface area (Å²) in [4.78, 5) is 17.6. The number of fused-ring (bicyclic) bond motifs is 1. The first-order valence-corrected chi connectivity index (χ1v) is 6.27. The van der Waals surface area contributed by atoms with Crippen LogP contribution in [0.4, 0.5) is 0 Å². The van der Waals surface area contributed by atoms with Gasteiger partial charge in [-0.05, 0) is 19.4 Å². The van der Waals surface area contributed by atoms with Gasteiger partial charge in [0.15, 0.2) is 0 Å². The monoisotopic (exact) mass is 240 g/mol. The molecule has 92 valence electrons. The van der Waals surface area contributed by atoms with E-state index in [0.717, 1.165) is 36.0 Å². The zero-order valence-electron chi connectivity index (χ0n) is 10.4. The van der Waals surface area contributed by atoms with E-state index in [1.54, 1.807) is 0 Å². The van der Waals surface area contributed by atoms with E-state index in [4.69, 9.17) is 0 Å². The van der Waals surface area contributed by atoms with E-state index in [1.807, 2.05) is 35.4 Å². The summed E-state index contributed by atoms with van der Waals surface area (Å²) >= 11 is 0. The fraction of sp³-hybridized carbons (Fsp3) is 0.267. The Labute approximate surface area is 106 Å². The summed E-state index contributed by atoms with van der Waals surface area (Å²) in [6.07, 6.45) is 4.99. The SMILES string of the molecule is CC1=CCCN(C(=O)c2c[nH]c3ccccc23)C1. The Hall–Kier alpha value is -2.03. The van der Waals surface area contributed by atoms with Crippen molar-refractivity contribution in [3.8, 4) is 0 Å². The van der Waals surface area contributed by atoms with Gasteiger partial charge >= 0.3 is 0 Å². The van der Waals surface area contributed by atoms with Crippen LogP contribution in [0.2, 0.25) is 0 Å². The molecule has 1 aromatic carbocycles. The zero-order valence-corrected chi connectivity index (χ0v) is 10.4. The second-order valence-electron chi connectivity index (χ2n) is 4.81. The van der Waals surface area contributed by atoms with Crippen molar-refractivity contribution in [2.24, 2.45) is 0 Å². The third-order valence-electron chi connectivity index (χ3n) is 3.44. The molecular weight excluding hydrogens is 224 g/mol. The average Bonchev–Trinajstić information content (AvgIpc) is 2.82. The Kier molecular flexibility index (Phi) is 2.67. The second kappa shape index (κ2) is 4.33. The second-order valence-corrected chi connectivity index (χ2v) is 4.81. The molecule has 1 amide bonds. The number of hydrogen-bond acceptors (Lipinski definition) is 1. The summed E-state index contributed by atoms with van der Waals surface area (Å²) < 4.78 is 0. The number of amides is 1. The van der Waals surface area contributed by atoms with Crippen LogP contribution in [0.1, 0.15) is 23.7 Å². The molecule has 1 N–H and O–H groups in total. The zero-order chi connectivity index (χ0) is 12.5. The van der Waals surface area contributed by atoms with E-state index in [1.165, 1.54) is 5.57 Å². The molecule has 0 saturated heterocycles. The van der Waals surface area contributed by atoms with Crippen LogP contribution >= 0.6 is 0 Å². The lowest BCUT2D eigenvalue weighted by atomic mass is 10.1. The fourth-order valence-electron chi connectivity index (χ4n) is 2.50. The smallest absolute Gasteiger partial charge is 0.256 e. The predicted molar refractivity (Wildman–Crippen MR) is 72.6 cm³/mol. The molecule has 3 rings (SSSR count). The van der Waals surface area contributed by atoms with Gasteiger partial charge in [0.05, 0.1) is 5.56 Å². The van der Waals surface area contributed by atoms with Crippen molar-refractivity contribution < 1.29 is 4.79 Å². The molecular formula is C15H16N2O. The lowest BCUT2D eigenvalue weighted by Crippen LogP contribution is -2.35. The lowest BCUT2D eigenvalue weighted by molar-refractivity contribution is 0.0768. The van der Waals surface area contributed by atoms with Crippen LogP contribution in [0.25, 0.3) is 10.9 Å². The van der Waals surface area contributed by atoms with Gasteiger partial charge in [0.1, 0.15) is 0 Å². The van der Waals surface area contributed by atoms with E-state index in [0.29, 0.717) is 0 Å². The Bertz CT molecular complexity index is 624. The van der Waals surface area contributed by atoms with E-state index < -0.39 is 0 Å². The van der Waals surface area contributed by atoms with Gasteiger partial charge in [-0.3, -0.25) is 4.79 Å². The summed E-state index contributed by atoms with van der Waals surface area (Å²) in [5, 5.41) is 1.01. The van der Waals surface area contributed by atoms with Gasteiger partial charge in [0.2, 0.25) is 0 Å². The summed E-state index contributed by atoms with van der Waals surface area (Å²) in [5.41, 5.74) is 3.07. The molecule has 3 nitrogen and oxygen atoms in total. The fourth-order valence-corrected chi connectivity index (χ4v) is 2.50. The molecule has 1 aromatic heterocycles. The first kappa shape index (κ1) is 11.1. The maximum atomic E-state index is 12.5. The highest BCUT2D eigenvalue weighted by Crippen LogP contribution is 2.21. The summed E-state index contributed by atoms with van der Waals surface area (Å²) in [5.74, 6) is 0.125. The number of aromatic nitrogens is 1. The van der Waals surface area contributed by atoms with Crippen molar-refractivity contribution in [2.45, 2.75) is 13.3 Å². The Balaban J connectivity index is 1.95. The molecule has 0 atom stereocenters. The summed E-state index contributed by atoms with van der Waals surface area (Å²) in [6, 6.07) is 7.92. The molecule has 2 aromatic rings. The van der Waals surface area contributed by atoms with Crippen LogP contribution in [0.15, 0.2) is 42.1 Å². The normalized spacial score (nSPS) is 15.8. The minimum Gasteiger partial charge on any atom is -0.360 e. The highest BCUT2D eigenvalue weighted by Gasteiger charge is 2.20. The third-order valence-corrected chi connectivity index (χ3v) is 3.44. The van der Waals surface area contributed by atoms with Crippen molar-refractivity contribution in [2.75, 3.05) is 13.1 Å². The van der Waals surface area contributed by atoms with E-state index in [9.17, 15) is 4.79 Å². The number of carbonyl (C=O) groups excluding carboxylic acids is 1. The lowest BCUT2D eigenvalue weighted by Gasteiger charge is -2.26. The van der Waals surface area contributed by atoms with Gasteiger partial charge in [0.25, 0.3) is 5.91 Å². The van der Waals surface area contributed by atoms with E-state index in [-0.39, 0.29) is 5.91 Å². The number of aromatic amines is 1. The number of nitrogens with one attached hydrogen (secondary N) is 1. The maximum absolute atomic E-state index is 12.5. The quantitative estimate of drug-likeness (QED) is 0.764. The number of H-pyrrole nitrogens is 1. The molecule has 0 spiro atoms. The third kappa shape index (κ3) is 1.82. The molecule has 0 bridgehead atoms. The van der Waals surface area contributed by atoms with Gasteiger partial charge in [0, 0.05) is 30.2 Å². The maximum Gasteiger partial charge on any atom is 0.256 e. The van der Waals surface area contributed by atoms with Gasteiger partial charge in [-0.2, -0.15) is 0 Å².